The summed E-state index contributed by atoms with van der Waals surface area (Å²) in [4.78, 5) is 0. The van der Waals surface area contributed by atoms with Crippen LogP contribution in [0.15, 0.2) is 0 Å². The second kappa shape index (κ2) is 5.02. The van der Waals surface area contributed by atoms with Crippen molar-refractivity contribution in [3.63, 3.8) is 0 Å². The molecule has 10 heteroatoms. The maximum absolute atomic E-state index is 11.0. The van der Waals surface area contributed by atoms with Crippen molar-refractivity contribution in [3.8, 4) is 0 Å². The van der Waals surface area contributed by atoms with E-state index in [1.165, 1.54) is 0 Å². The zero-order chi connectivity index (χ0) is 14.2. The first-order valence-corrected chi connectivity index (χ1v) is 8.31. The summed E-state index contributed by atoms with van der Waals surface area (Å²) in [5, 5.41) is 19.2. The van der Waals surface area contributed by atoms with Crippen LogP contribution in [0.25, 0.3) is 0 Å². The van der Waals surface area contributed by atoms with Gasteiger partial charge in [-0.2, -0.15) is 16.8 Å². The van der Waals surface area contributed by atoms with Crippen molar-refractivity contribution >= 4 is 20.2 Å². The van der Waals surface area contributed by atoms with E-state index < -0.39 is 36.5 Å². The van der Waals surface area contributed by atoms with E-state index >= 15 is 0 Å². The summed E-state index contributed by atoms with van der Waals surface area (Å²) in [6, 6.07) is 0. The molecule has 1 rings (SSSR count). The van der Waals surface area contributed by atoms with Gasteiger partial charge in [-0.3, -0.25) is 9.11 Å². The maximum Gasteiger partial charge on any atom is 0.292 e. The van der Waals surface area contributed by atoms with Crippen LogP contribution in [0.5, 0.6) is 0 Å². The van der Waals surface area contributed by atoms with E-state index in [0.717, 1.165) is 0 Å². The van der Waals surface area contributed by atoms with Crippen molar-refractivity contribution in [2.24, 2.45) is 5.41 Å². The minimum Gasteiger partial charge on any atom is -0.375 e. The highest BCUT2D eigenvalue weighted by atomic mass is 32.2. The smallest absolute Gasteiger partial charge is 0.292 e. The van der Waals surface area contributed by atoms with Crippen molar-refractivity contribution in [3.05, 3.63) is 0 Å². The summed E-state index contributed by atoms with van der Waals surface area (Å²) in [7, 11) is -9.89. The molecule has 0 heterocycles. The van der Waals surface area contributed by atoms with Crippen LogP contribution in [0.1, 0.15) is 32.1 Å². The average Bonchev–Trinajstić information content (AvgIpc) is 2.25. The molecule has 0 radical (unpaired) electrons. The number of hydrogen-bond donors (Lipinski definition) is 4. The first-order chi connectivity index (χ1) is 8.02. The van der Waals surface area contributed by atoms with Crippen LogP contribution < -0.4 is 0 Å². The van der Waals surface area contributed by atoms with Crippen LogP contribution >= 0.6 is 0 Å². The van der Waals surface area contributed by atoms with Gasteiger partial charge in [0.05, 0.1) is 5.41 Å². The van der Waals surface area contributed by atoms with Gasteiger partial charge in [0.15, 0.2) is 10.9 Å². The Morgan fingerprint density at radius 3 is 1.39 bits per heavy atom. The molecular weight excluding hydrogens is 288 g/mol. The van der Waals surface area contributed by atoms with Gasteiger partial charge in [0, 0.05) is 0 Å². The fourth-order valence-electron chi connectivity index (χ4n) is 2.42. The fourth-order valence-corrected chi connectivity index (χ4v) is 4.42. The zero-order valence-electron chi connectivity index (χ0n) is 9.43. The van der Waals surface area contributed by atoms with Crippen LogP contribution in [-0.4, -0.2) is 47.0 Å². The molecule has 0 saturated heterocycles. The molecule has 18 heavy (non-hydrogen) atoms. The predicted molar refractivity (Wildman–Crippen MR) is 60.6 cm³/mol. The molecule has 2 unspecified atom stereocenters. The first kappa shape index (κ1) is 15.8. The van der Waals surface area contributed by atoms with Gasteiger partial charge in [-0.25, -0.2) is 0 Å². The van der Waals surface area contributed by atoms with Crippen LogP contribution in [0.4, 0.5) is 0 Å². The van der Waals surface area contributed by atoms with Crippen molar-refractivity contribution in [1.29, 1.82) is 0 Å². The van der Waals surface area contributed by atoms with Gasteiger partial charge in [-0.1, -0.05) is 19.3 Å². The molecule has 0 bridgehead atoms. The minimum absolute atomic E-state index is 0.130. The normalized spacial score (nSPS) is 24.4. The predicted octanol–water partition coefficient (Wildman–Crippen LogP) is -0.651. The largest absolute Gasteiger partial charge is 0.375 e. The molecule has 1 fully saturated rings. The van der Waals surface area contributed by atoms with Crippen molar-refractivity contribution in [2.45, 2.75) is 43.0 Å². The Labute approximate surface area is 105 Å². The third kappa shape index (κ3) is 3.00. The van der Waals surface area contributed by atoms with E-state index in [2.05, 4.69) is 0 Å². The molecule has 1 saturated carbocycles. The van der Waals surface area contributed by atoms with E-state index in [9.17, 15) is 27.0 Å². The van der Waals surface area contributed by atoms with Gasteiger partial charge in [-0.05, 0) is 12.8 Å². The molecule has 0 amide bonds. The molecule has 0 aromatic heterocycles. The number of hydrogen-bond acceptors (Lipinski definition) is 6. The van der Waals surface area contributed by atoms with Crippen LogP contribution in [-0.2, 0) is 20.2 Å². The third-order valence-electron chi connectivity index (χ3n) is 3.33. The molecule has 1 aliphatic carbocycles. The molecule has 0 aromatic carbocycles. The van der Waals surface area contributed by atoms with Crippen molar-refractivity contribution < 1.29 is 36.2 Å². The number of aliphatic hydroxyl groups excluding tert-OH is 2. The van der Waals surface area contributed by atoms with E-state index in [1.54, 1.807) is 0 Å². The van der Waals surface area contributed by atoms with Gasteiger partial charge >= 0.3 is 0 Å². The summed E-state index contributed by atoms with van der Waals surface area (Å²) >= 11 is 0. The summed E-state index contributed by atoms with van der Waals surface area (Å²) in [6.45, 7) is 0. The van der Waals surface area contributed by atoms with E-state index in [0.29, 0.717) is 19.3 Å². The molecular formula is C8H16O8S2. The maximum atomic E-state index is 11.0. The van der Waals surface area contributed by atoms with Gasteiger partial charge in [0.1, 0.15) is 0 Å². The summed E-state index contributed by atoms with van der Waals surface area (Å²) in [5.74, 6) is 0. The lowest BCUT2D eigenvalue weighted by Crippen LogP contribution is -2.52. The molecule has 8 nitrogen and oxygen atoms in total. The second-order valence-corrected chi connectivity index (χ2v) is 7.48. The van der Waals surface area contributed by atoms with Crippen molar-refractivity contribution in [2.75, 3.05) is 0 Å². The lowest BCUT2D eigenvalue weighted by atomic mass is 9.75. The van der Waals surface area contributed by atoms with Crippen molar-refractivity contribution in [1.82, 2.24) is 0 Å². The molecule has 108 valence electrons. The monoisotopic (exact) mass is 304 g/mol. The summed E-state index contributed by atoms with van der Waals surface area (Å²) in [5.41, 5.74) is -6.91. The highest BCUT2D eigenvalue weighted by molar-refractivity contribution is 7.87. The van der Waals surface area contributed by atoms with E-state index in [1.807, 2.05) is 0 Å². The Kier molecular flexibility index (Phi) is 4.41. The summed E-state index contributed by atoms with van der Waals surface area (Å²) < 4.78 is 61.6. The fraction of sp³-hybridized carbons (Fsp3) is 1.00. The Morgan fingerprint density at radius 2 is 1.11 bits per heavy atom. The van der Waals surface area contributed by atoms with Gasteiger partial charge in [-0.15, -0.1) is 0 Å². The van der Waals surface area contributed by atoms with Crippen LogP contribution in [0.2, 0.25) is 0 Å². The SMILES string of the molecule is O=S(=O)(O)C(O)C1(C(O)S(=O)(=O)O)CCCCC1. The Morgan fingerprint density at radius 1 is 0.778 bits per heavy atom. The molecule has 0 aliphatic heterocycles. The number of rotatable bonds is 4. The Hall–Kier alpha value is -0.260. The molecule has 4 N–H and O–H groups in total. The summed E-state index contributed by atoms with van der Waals surface area (Å²) in [6.07, 6.45) is 1.17. The van der Waals surface area contributed by atoms with Gasteiger partial charge in [0.2, 0.25) is 0 Å². The molecule has 1 aliphatic rings. The molecule has 2 atom stereocenters. The quantitative estimate of drug-likeness (QED) is 0.500. The lowest BCUT2D eigenvalue weighted by molar-refractivity contribution is -0.0284. The average molecular weight is 304 g/mol. The Bertz CT molecular complexity index is 447. The van der Waals surface area contributed by atoms with Crippen LogP contribution in [0, 0.1) is 5.41 Å². The van der Waals surface area contributed by atoms with E-state index in [-0.39, 0.29) is 12.8 Å². The molecule has 0 spiro atoms. The van der Waals surface area contributed by atoms with E-state index in [4.69, 9.17) is 9.11 Å². The van der Waals surface area contributed by atoms with Gasteiger partial charge in [0.25, 0.3) is 20.2 Å². The third-order valence-corrected chi connectivity index (χ3v) is 5.40. The Balaban J connectivity index is 3.27. The minimum atomic E-state index is -4.95. The highest BCUT2D eigenvalue weighted by Gasteiger charge is 2.54. The second-order valence-electron chi connectivity index (χ2n) is 4.53. The highest BCUT2D eigenvalue weighted by Crippen LogP contribution is 2.45. The molecule has 0 aromatic rings. The first-order valence-electron chi connectivity index (χ1n) is 5.30. The zero-order valence-corrected chi connectivity index (χ0v) is 11.1. The van der Waals surface area contributed by atoms with Crippen LogP contribution in [0.3, 0.4) is 0 Å². The standard InChI is InChI=1S/C8H16O8S2/c9-6(17(11,12)13)8(4-2-1-3-5-8)7(10)18(14,15)16/h6-7,9-10H,1-5H2,(H,11,12,13)(H,14,15,16). The topological polar surface area (TPSA) is 149 Å². The number of aliphatic hydroxyl groups is 2. The van der Waals surface area contributed by atoms with Gasteiger partial charge < -0.3 is 10.2 Å². The lowest BCUT2D eigenvalue weighted by Gasteiger charge is -2.41.